The lowest BCUT2D eigenvalue weighted by Crippen LogP contribution is -2.25. The van der Waals surface area contributed by atoms with E-state index in [1.807, 2.05) is 18.2 Å². The third-order valence-corrected chi connectivity index (χ3v) is 4.88. The number of rotatable bonds is 10. The van der Waals surface area contributed by atoms with Crippen molar-refractivity contribution in [1.82, 2.24) is 5.32 Å². The molecule has 21 heavy (non-hydrogen) atoms. The fourth-order valence-corrected chi connectivity index (χ4v) is 3.54. The number of halogens is 3. The molecule has 118 valence electrons. The number of hydrogen-bond acceptors (Lipinski definition) is 2. The molecule has 0 bridgehead atoms. The Morgan fingerprint density at radius 3 is 2.52 bits per heavy atom. The van der Waals surface area contributed by atoms with E-state index < -0.39 is 0 Å². The largest absolute Gasteiger partial charge is 0.355 e. The van der Waals surface area contributed by atoms with Gasteiger partial charge in [0.05, 0.1) is 0 Å². The monoisotopic (exact) mass is 367 g/mol. The summed E-state index contributed by atoms with van der Waals surface area (Å²) in [4.78, 5) is 11.6. The van der Waals surface area contributed by atoms with Crippen LogP contribution < -0.4 is 5.32 Å². The Bertz CT molecular complexity index is 423. The smallest absolute Gasteiger partial charge is 0.220 e. The topological polar surface area (TPSA) is 29.1 Å². The first-order valence-corrected chi connectivity index (χ1v) is 9.43. The molecule has 1 aromatic carbocycles. The standard InChI is InChI=1S/C15H20Cl3NOS/c16-8-3-1-2-7-15(20)19-9-10-21-11-12-13(17)5-4-6-14(12)18/h4-6H,1-3,7-11H2,(H,19,20). The summed E-state index contributed by atoms with van der Waals surface area (Å²) >= 11 is 19.5. The number of amides is 1. The SMILES string of the molecule is O=C(CCCCCCl)NCCSCc1c(Cl)cccc1Cl. The molecule has 0 aromatic heterocycles. The van der Waals surface area contributed by atoms with Gasteiger partial charge in [-0.15, -0.1) is 11.6 Å². The van der Waals surface area contributed by atoms with Gasteiger partial charge in [-0.1, -0.05) is 35.7 Å². The molecular weight excluding hydrogens is 349 g/mol. The van der Waals surface area contributed by atoms with Crippen molar-refractivity contribution in [3.8, 4) is 0 Å². The van der Waals surface area contributed by atoms with Gasteiger partial charge in [0, 0.05) is 40.4 Å². The number of thioether (sulfide) groups is 1. The summed E-state index contributed by atoms with van der Waals surface area (Å²) in [5, 5.41) is 4.30. The number of nitrogens with one attached hydrogen (secondary N) is 1. The van der Waals surface area contributed by atoms with Crippen molar-refractivity contribution in [1.29, 1.82) is 0 Å². The predicted octanol–water partition coefficient (Wildman–Crippen LogP) is 5.14. The summed E-state index contributed by atoms with van der Waals surface area (Å²) in [6.45, 7) is 0.668. The van der Waals surface area contributed by atoms with E-state index in [4.69, 9.17) is 34.8 Å². The number of carbonyl (C=O) groups excluding carboxylic acids is 1. The lowest BCUT2D eigenvalue weighted by Gasteiger charge is -2.07. The summed E-state index contributed by atoms with van der Waals surface area (Å²) in [6, 6.07) is 5.52. The van der Waals surface area contributed by atoms with E-state index in [1.165, 1.54) is 0 Å². The fraction of sp³-hybridized carbons (Fsp3) is 0.533. The molecule has 0 fully saturated rings. The zero-order valence-corrected chi connectivity index (χ0v) is 14.9. The van der Waals surface area contributed by atoms with Crippen molar-refractivity contribution < 1.29 is 4.79 Å². The van der Waals surface area contributed by atoms with Gasteiger partial charge in [0.2, 0.25) is 5.91 Å². The molecule has 0 saturated carbocycles. The highest BCUT2D eigenvalue weighted by Crippen LogP contribution is 2.27. The van der Waals surface area contributed by atoms with Gasteiger partial charge in [-0.2, -0.15) is 11.8 Å². The van der Waals surface area contributed by atoms with Gasteiger partial charge in [-0.05, 0) is 30.5 Å². The van der Waals surface area contributed by atoms with Crippen LogP contribution in [0.1, 0.15) is 31.2 Å². The van der Waals surface area contributed by atoms with Crippen LogP contribution >= 0.6 is 46.6 Å². The van der Waals surface area contributed by atoms with Gasteiger partial charge in [0.25, 0.3) is 0 Å². The van der Waals surface area contributed by atoms with Crippen LogP contribution in [0.25, 0.3) is 0 Å². The molecule has 0 aliphatic rings. The van der Waals surface area contributed by atoms with Crippen molar-refractivity contribution in [3.05, 3.63) is 33.8 Å². The third-order valence-electron chi connectivity index (χ3n) is 2.91. The molecular formula is C15H20Cl3NOS. The lowest BCUT2D eigenvalue weighted by atomic mass is 10.2. The Hall–Kier alpha value is -0.0900. The molecule has 0 unspecified atom stereocenters. The molecule has 1 amide bonds. The normalized spacial score (nSPS) is 10.6. The maximum Gasteiger partial charge on any atom is 0.220 e. The van der Waals surface area contributed by atoms with Gasteiger partial charge in [0.15, 0.2) is 0 Å². The molecule has 0 atom stereocenters. The predicted molar refractivity (Wildman–Crippen MR) is 94.8 cm³/mol. The van der Waals surface area contributed by atoms with Crippen LogP contribution in [0.3, 0.4) is 0 Å². The van der Waals surface area contributed by atoms with Crippen molar-refractivity contribution >= 4 is 52.5 Å². The van der Waals surface area contributed by atoms with Crippen molar-refractivity contribution in [2.45, 2.75) is 31.4 Å². The second kappa shape index (κ2) is 11.5. The molecule has 0 radical (unpaired) electrons. The van der Waals surface area contributed by atoms with Crippen LogP contribution in [0.15, 0.2) is 18.2 Å². The first-order chi connectivity index (χ1) is 10.1. The minimum Gasteiger partial charge on any atom is -0.355 e. The van der Waals surface area contributed by atoms with Crippen LogP contribution in [-0.4, -0.2) is 24.1 Å². The molecule has 1 N–H and O–H groups in total. The highest BCUT2D eigenvalue weighted by molar-refractivity contribution is 7.98. The van der Waals surface area contributed by atoms with Gasteiger partial charge in [-0.25, -0.2) is 0 Å². The maximum atomic E-state index is 11.6. The maximum absolute atomic E-state index is 11.6. The lowest BCUT2D eigenvalue weighted by molar-refractivity contribution is -0.121. The van der Waals surface area contributed by atoms with Gasteiger partial charge in [0.1, 0.15) is 0 Å². The van der Waals surface area contributed by atoms with Crippen molar-refractivity contribution in [2.24, 2.45) is 0 Å². The van der Waals surface area contributed by atoms with Crippen LogP contribution in [0.5, 0.6) is 0 Å². The molecule has 6 heteroatoms. The van der Waals surface area contributed by atoms with Crippen molar-refractivity contribution in [2.75, 3.05) is 18.2 Å². The van der Waals surface area contributed by atoms with E-state index in [9.17, 15) is 4.79 Å². The summed E-state index contributed by atoms with van der Waals surface area (Å²) in [5.74, 6) is 2.38. The Labute approximate surface area is 145 Å². The van der Waals surface area contributed by atoms with Crippen LogP contribution in [-0.2, 0) is 10.5 Å². The minimum absolute atomic E-state index is 0.112. The summed E-state index contributed by atoms with van der Waals surface area (Å²) < 4.78 is 0. The molecule has 0 aliphatic carbocycles. The van der Waals surface area contributed by atoms with E-state index in [0.717, 1.165) is 36.3 Å². The van der Waals surface area contributed by atoms with E-state index in [1.54, 1.807) is 11.8 Å². The number of carbonyl (C=O) groups is 1. The highest BCUT2D eigenvalue weighted by atomic mass is 35.5. The van der Waals surface area contributed by atoms with Crippen LogP contribution in [0.4, 0.5) is 0 Å². The van der Waals surface area contributed by atoms with E-state index in [2.05, 4.69) is 5.32 Å². The molecule has 0 aliphatic heterocycles. The van der Waals surface area contributed by atoms with Crippen LogP contribution in [0, 0.1) is 0 Å². The average molecular weight is 369 g/mol. The number of unbranched alkanes of at least 4 members (excludes halogenated alkanes) is 2. The number of benzene rings is 1. The van der Waals surface area contributed by atoms with Crippen LogP contribution in [0.2, 0.25) is 10.0 Å². The summed E-state index contributed by atoms with van der Waals surface area (Å²) in [7, 11) is 0. The molecule has 1 rings (SSSR count). The zero-order chi connectivity index (χ0) is 15.5. The minimum atomic E-state index is 0.112. The first-order valence-electron chi connectivity index (χ1n) is 6.98. The van der Waals surface area contributed by atoms with Gasteiger partial charge >= 0.3 is 0 Å². The van der Waals surface area contributed by atoms with Gasteiger partial charge in [-0.3, -0.25) is 4.79 Å². The summed E-state index contributed by atoms with van der Waals surface area (Å²) in [5.41, 5.74) is 0.957. The first kappa shape index (κ1) is 19.0. The molecule has 0 heterocycles. The average Bonchev–Trinajstić information content (AvgIpc) is 2.46. The number of hydrogen-bond donors (Lipinski definition) is 1. The Balaban J connectivity index is 2.10. The molecule has 0 spiro atoms. The fourth-order valence-electron chi connectivity index (χ4n) is 1.75. The zero-order valence-electron chi connectivity index (χ0n) is 11.8. The Kier molecular flexibility index (Phi) is 10.4. The Morgan fingerprint density at radius 1 is 1.14 bits per heavy atom. The number of alkyl halides is 1. The van der Waals surface area contributed by atoms with E-state index in [-0.39, 0.29) is 5.91 Å². The van der Waals surface area contributed by atoms with E-state index in [0.29, 0.717) is 28.9 Å². The summed E-state index contributed by atoms with van der Waals surface area (Å²) in [6.07, 6.45) is 3.47. The van der Waals surface area contributed by atoms with Gasteiger partial charge < -0.3 is 5.32 Å². The Morgan fingerprint density at radius 2 is 1.86 bits per heavy atom. The second-order valence-corrected chi connectivity index (χ2v) is 6.90. The highest BCUT2D eigenvalue weighted by Gasteiger charge is 2.05. The van der Waals surface area contributed by atoms with Crippen molar-refractivity contribution in [3.63, 3.8) is 0 Å². The molecule has 1 aromatic rings. The quantitative estimate of drug-likeness (QED) is 0.457. The molecule has 0 saturated heterocycles. The van der Waals surface area contributed by atoms with E-state index >= 15 is 0 Å². The third kappa shape index (κ3) is 8.20. The second-order valence-electron chi connectivity index (χ2n) is 4.60. The molecule has 2 nitrogen and oxygen atoms in total.